The van der Waals surface area contributed by atoms with Crippen LogP contribution in [0.3, 0.4) is 0 Å². The van der Waals surface area contributed by atoms with Gasteiger partial charge in [0.05, 0.1) is 0 Å². The third kappa shape index (κ3) is 2.71. The Bertz CT molecular complexity index is 367. The van der Waals surface area contributed by atoms with E-state index in [2.05, 4.69) is 13.8 Å². The van der Waals surface area contributed by atoms with Gasteiger partial charge in [0.15, 0.2) is 0 Å². The summed E-state index contributed by atoms with van der Waals surface area (Å²) in [4.78, 5) is 0. The van der Waals surface area contributed by atoms with Crippen LogP contribution in [-0.2, 0) is 10.2 Å². The zero-order valence-corrected chi connectivity index (χ0v) is 12.2. The highest BCUT2D eigenvalue weighted by Crippen LogP contribution is 2.28. The first-order valence-corrected chi connectivity index (χ1v) is 8.30. The molecule has 2 aliphatic rings. The van der Waals surface area contributed by atoms with Gasteiger partial charge in [0.1, 0.15) is 0 Å². The molecule has 2 fully saturated rings. The van der Waals surface area contributed by atoms with Gasteiger partial charge < -0.3 is 5.73 Å². The first-order valence-electron chi connectivity index (χ1n) is 6.90. The molecule has 0 spiro atoms. The summed E-state index contributed by atoms with van der Waals surface area (Å²) in [5.74, 6) is 1.41. The Hall–Kier alpha value is -0.170. The van der Waals surface area contributed by atoms with Gasteiger partial charge >= 0.3 is 0 Å². The molecule has 2 atom stereocenters. The second kappa shape index (κ2) is 5.45. The maximum atomic E-state index is 12.5. The van der Waals surface area contributed by atoms with Crippen molar-refractivity contribution in [1.82, 2.24) is 8.61 Å². The molecule has 2 unspecified atom stereocenters. The fourth-order valence-electron chi connectivity index (χ4n) is 2.80. The van der Waals surface area contributed by atoms with Crippen molar-refractivity contribution in [1.29, 1.82) is 0 Å². The minimum absolute atomic E-state index is 0.460. The third-order valence-electron chi connectivity index (χ3n) is 4.51. The van der Waals surface area contributed by atoms with Crippen molar-refractivity contribution in [3.8, 4) is 0 Å². The highest BCUT2D eigenvalue weighted by molar-refractivity contribution is 7.86. The predicted octanol–water partition coefficient (Wildman–Crippen LogP) is 0.490. The van der Waals surface area contributed by atoms with Gasteiger partial charge in [-0.3, -0.25) is 0 Å². The lowest BCUT2D eigenvalue weighted by Gasteiger charge is -2.33. The predicted molar refractivity (Wildman–Crippen MR) is 72.2 cm³/mol. The van der Waals surface area contributed by atoms with Crippen LogP contribution >= 0.6 is 0 Å². The molecule has 2 aliphatic heterocycles. The molecule has 6 heteroatoms. The van der Waals surface area contributed by atoms with Crippen LogP contribution in [-0.4, -0.2) is 49.8 Å². The average Bonchev–Trinajstić information content (AvgIpc) is 2.70. The molecule has 18 heavy (non-hydrogen) atoms. The summed E-state index contributed by atoms with van der Waals surface area (Å²) in [5, 5.41) is 0. The van der Waals surface area contributed by atoms with Crippen molar-refractivity contribution in [2.24, 2.45) is 23.5 Å². The molecular weight excluding hydrogens is 250 g/mol. The van der Waals surface area contributed by atoms with Gasteiger partial charge in [-0.25, -0.2) is 0 Å². The molecule has 2 N–H and O–H groups in total. The number of rotatable bonds is 3. The van der Waals surface area contributed by atoms with Gasteiger partial charge in [-0.05, 0) is 37.1 Å². The Labute approximate surface area is 110 Å². The first-order chi connectivity index (χ1) is 8.45. The van der Waals surface area contributed by atoms with Crippen molar-refractivity contribution in [2.75, 3.05) is 32.7 Å². The molecule has 5 nitrogen and oxygen atoms in total. The number of nitrogens with zero attached hydrogens (tertiary/aromatic N) is 2. The minimum Gasteiger partial charge on any atom is -0.330 e. The summed E-state index contributed by atoms with van der Waals surface area (Å²) in [5.41, 5.74) is 5.64. The third-order valence-corrected chi connectivity index (χ3v) is 6.48. The molecule has 106 valence electrons. The van der Waals surface area contributed by atoms with Crippen LogP contribution in [0.25, 0.3) is 0 Å². The first kappa shape index (κ1) is 14.2. The number of hydrogen-bond acceptors (Lipinski definition) is 3. The van der Waals surface area contributed by atoms with E-state index in [1.54, 1.807) is 8.61 Å². The monoisotopic (exact) mass is 275 g/mol. The van der Waals surface area contributed by atoms with E-state index in [9.17, 15) is 8.42 Å². The smallest absolute Gasteiger partial charge is 0.281 e. The fourth-order valence-corrected chi connectivity index (χ4v) is 4.65. The van der Waals surface area contributed by atoms with Crippen molar-refractivity contribution < 1.29 is 8.42 Å². The SMILES string of the molecule is CC1CN(S(=O)(=O)N2CCC(CN)CC2)CC1C. The van der Waals surface area contributed by atoms with Crippen LogP contribution < -0.4 is 5.73 Å². The molecule has 2 saturated heterocycles. The Morgan fingerprint density at radius 2 is 1.56 bits per heavy atom. The second-order valence-electron chi connectivity index (χ2n) is 5.86. The van der Waals surface area contributed by atoms with Crippen molar-refractivity contribution >= 4 is 10.2 Å². The zero-order valence-electron chi connectivity index (χ0n) is 11.4. The molecule has 0 saturated carbocycles. The second-order valence-corrected chi connectivity index (χ2v) is 7.79. The van der Waals surface area contributed by atoms with Gasteiger partial charge in [0.25, 0.3) is 10.2 Å². The van der Waals surface area contributed by atoms with Gasteiger partial charge in [0.2, 0.25) is 0 Å². The summed E-state index contributed by atoms with van der Waals surface area (Å²) < 4.78 is 28.3. The standard InChI is InChI=1S/C12H25N3O2S/c1-10-8-15(9-11(10)2)18(16,17)14-5-3-12(7-13)4-6-14/h10-12H,3-9,13H2,1-2H3. The summed E-state index contributed by atoms with van der Waals surface area (Å²) in [6, 6.07) is 0. The molecule has 0 aliphatic carbocycles. The van der Waals surface area contributed by atoms with Crippen LogP contribution in [0, 0.1) is 17.8 Å². The fraction of sp³-hybridized carbons (Fsp3) is 1.00. The molecule has 0 bridgehead atoms. The van der Waals surface area contributed by atoms with E-state index in [1.807, 2.05) is 0 Å². The summed E-state index contributed by atoms with van der Waals surface area (Å²) >= 11 is 0. The van der Waals surface area contributed by atoms with E-state index in [1.165, 1.54) is 0 Å². The lowest BCUT2D eigenvalue weighted by atomic mass is 9.99. The average molecular weight is 275 g/mol. The van der Waals surface area contributed by atoms with Crippen molar-refractivity contribution in [2.45, 2.75) is 26.7 Å². The van der Waals surface area contributed by atoms with E-state index in [4.69, 9.17) is 5.73 Å². The molecule has 2 heterocycles. The molecule has 2 rings (SSSR count). The lowest BCUT2D eigenvalue weighted by molar-refractivity contribution is 0.262. The van der Waals surface area contributed by atoms with Gasteiger partial charge in [-0.15, -0.1) is 0 Å². The van der Waals surface area contributed by atoms with Crippen LogP contribution in [0.1, 0.15) is 26.7 Å². The normalized spacial score (nSPS) is 33.1. The molecule has 0 radical (unpaired) electrons. The molecular formula is C12H25N3O2S. The topological polar surface area (TPSA) is 66.6 Å². The number of nitrogens with two attached hydrogens (primary N) is 1. The van der Waals surface area contributed by atoms with Crippen molar-refractivity contribution in [3.05, 3.63) is 0 Å². The number of piperidine rings is 1. The lowest BCUT2D eigenvalue weighted by Crippen LogP contribution is -2.47. The van der Waals surface area contributed by atoms with E-state index >= 15 is 0 Å². The van der Waals surface area contributed by atoms with Crippen LogP contribution in [0.15, 0.2) is 0 Å². The van der Waals surface area contributed by atoms with E-state index in [0.29, 0.717) is 50.5 Å². The zero-order chi connectivity index (χ0) is 13.3. The van der Waals surface area contributed by atoms with Crippen LogP contribution in [0.5, 0.6) is 0 Å². The van der Waals surface area contributed by atoms with E-state index in [-0.39, 0.29) is 0 Å². The Morgan fingerprint density at radius 3 is 2.00 bits per heavy atom. The highest BCUT2D eigenvalue weighted by Gasteiger charge is 2.38. The van der Waals surface area contributed by atoms with Gasteiger partial charge in [0, 0.05) is 26.2 Å². The molecule has 0 aromatic heterocycles. The Kier molecular flexibility index (Phi) is 4.31. The quantitative estimate of drug-likeness (QED) is 0.815. The van der Waals surface area contributed by atoms with E-state index < -0.39 is 10.2 Å². The molecule has 0 aromatic rings. The Morgan fingerprint density at radius 1 is 1.06 bits per heavy atom. The summed E-state index contributed by atoms with van der Waals surface area (Å²) in [6.45, 7) is 7.51. The Balaban J connectivity index is 2.00. The van der Waals surface area contributed by atoms with Gasteiger partial charge in [-0.1, -0.05) is 13.8 Å². The van der Waals surface area contributed by atoms with Crippen LogP contribution in [0.4, 0.5) is 0 Å². The largest absolute Gasteiger partial charge is 0.330 e. The molecule has 0 amide bonds. The van der Waals surface area contributed by atoms with E-state index in [0.717, 1.165) is 12.8 Å². The summed E-state index contributed by atoms with van der Waals surface area (Å²) in [7, 11) is -3.23. The maximum absolute atomic E-state index is 12.5. The number of hydrogen-bond donors (Lipinski definition) is 1. The molecule has 0 aromatic carbocycles. The maximum Gasteiger partial charge on any atom is 0.281 e. The highest BCUT2D eigenvalue weighted by atomic mass is 32.2. The summed E-state index contributed by atoms with van der Waals surface area (Å²) in [6.07, 6.45) is 1.79. The van der Waals surface area contributed by atoms with Gasteiger partial charge in [-0.2, -0.15) is 17.0 Å². The minimum atomic E-state index is -3.23. The van der Waals surface area contributed by atoms with Crippen molar-refractivity contribution in [3.63, 3.8) is 0 Å². The van der Waals surface area contributed by atoms with Crippen LogP contribution in [0.2, 0.25) is 0 Å².